The van der Waals surface area contributed by atoms with Gasteiger partial charge in [-0.1, -0.05) is 20.8 Å². The Morgan fingerprint density at radius 1 is 1.11 bits per heavy atom. The summed E-state index contributed by atoms with van der Waals surface area (Å²) < 4.78 is 2.16. The van der Waals surface area contributed by atoms with Gasteiger partial charge in [-0.25, -0.2) is 0 Å². The molecular formula is C22H36N4O. The fourth-order valence-corrected chi connectivity index (χ4v) is 5.11. The van der Waals surface area contributed by atoms with E-state index in [0.717, 1.165) is 56.9 Å². The summed E-state index contributed by atoms with van der Waals surface area (Å²) in [7, 11) is 0. The van der Waals surface area contributed by atoms with Crippen LogP contribution in [0.4, 0.5) is 0 Å². The molecule has 0 spiro atoms. The van der Waals surface area contributed by atoms with E-state index in [0.29, 0.717) is 12.0 Å². The molecule has 0 N–H and O–H groups in total. The summed E-state index contributed by atoms with van der Waals surface area (Å²) in [4.78, 5) is 17.9. The van der Waals surface area contributed by atoms with E-state index in [-0.39, 0.29) is 5.91 Å². The molecule has 27 heavy (non-hydrogen) atoms. The maximum atomic E-state index is 13.2. The molecule has 1 aromatic heterocycles. The maximum absolute atomic E-state index is 13.2. The van der Waals surface area contributed by atoms with Crippen LogP contribution >= 0.6 is 0 Å². The van der Waals surface area contributed by atoms with Crippen molar-refractivity contribution in [1.82, 2.24) is 19.6 Å². The zero-order chi connectivity index (χ0) is 19.0. The minimum absolute atomic E-state index is 0.180. The molecule has 2 fully saturated rings. The second-order valence-corrected chi connectivity index (χ2v) is 9.46. The number of carbonyl (C=O) groups excluding carboxylic acids is 1. The second-order valence-electron chi connectivity index (χ2n) is 9.46. The Kier molecular flexibility index (Phi) is 5.58. The first-order valence-corrected chi connectivity index (χ1v) is 11.1. The van der Waals surface area contributed by atoms with E-state index < -0.39 is 0 Å². The molecule has 1 atom stereocenters. The lowest BCUT2D eigenvalue weighted by molar-refractivity contribution is 0.0783. The molecule has 1 aromatic rings. The van der Waals surface area contributed by atoms with Crippen LogP contribution in [0.3, 0.4) is 0 Å². The number of piperidine rings is 1. The van der Waals surface area contributed by atoms with Gasteiger partial charge in [0.1, 0.15) is 0 Å². The van der Waals surface area contributed by atoms with Crippen molar-refractivity contribution in [3.8, 4) is 0 Å². The molecule has 0 radical (unpaired) electrons. The monoisotopic (exact) mass is 372 g/mol. The van der Waals surface area contributed by atoms with Gasteiger partial charge in [-0.3, -0.25) is 9.48 Å². The van der Waals surface area contributed by atoms with E-state index >= 15 is 0 Å². The SMILES string of the molecule is CC(C)Cn1nc(C(=O)N2CCCC2)c2c1CC[C@@H](N1CCC(C)CC1)C2. The molecule has 2 aliphatic heterocycles. The van der Waals surface area contributed by atoms with Gasteiger partial charge in [-0.15, -0.1) is 0 Å². The lowest BCUT2D eigenvalue weighted by Gasteiger charge is -2.38. The number of nitrogens with zero attached hydrogens (tertiary/aromatic N) is 4. The number of fused-ring (bicyclic) bond motifs is 1. The summed E-state index contributed by atoms with van der Waals surface area (Å²) in [6.07, 6.45) is 8.19. The van der Waals surface area contributed by atoms with Crippen molar-refractivity contribution >= 4 is 5.91 Å². The molecule has 3 aliphatic rings. The average Bonchev–Trinajstić information content (AvgIpc) is 3.30. The van der Waals surface area contributed by atoms with Gasteiger partial charge in [-0.05, 0) is 69.9 Å². The molecule has 150 valence electrons. The van der Waals surface area contributed by atoms with Gasteiger partial charge in [0.15, 0.2) is 5.69 Å². The number of carbonyl (C=O) groups is 1. The summed E-state index contributed by atoms with van der Waals surface area (Å²) in [5.41, 5.74) is 3.37. The molecule has 3 heterocycles. The molecule has 5 nitrogen and oxygen atoms in total. The molecule has 0 aromatic carbocycles. The summed E-state index contributed by atoms with van der Waals surface area (Å²) in [5.74, 6) is 1.59. The summed E-state index contributed by atoms with van der Waals surface area (Å²) in [6, 6.07) is 0.590. The number of hydrogen-bond acceptors (Lipinski definition) is 3. The van der Waals surface area contributed by atoms with Gasteiger partial charge in [0, 0.05) is 36.9 Å². The van der Waals surface area contributed by atoms with Gasteiger partial charge in [0.05, 0.1) is 0 Å². The Balaban J connectivity index is 1.59. The summed E-state index contributed by atoms with van der Waals surface area (Å²) in [6.45, 7) is 12.0. The highest BCUT2D eigenvalue weighted by atomic mass is 16.2. The van der Waals surface area contributed by atoms with Crippen molar-refractivity contribution in [3.05, 3.63) is 17.0 Å². The fraction of sp³-hybridized carbons (Fsp3) is 0.818. The van der Waals surface area contributed by atoms with Crippen molar-refractivity contribution in [2.75, 3.05) is 26.2 Å². The van der Waals surface area contributed by atoms with E-state index in [9.17, 15) is 4.79 Å². The van der Waals surface area contributed by atoms with E-state index in [1.807, 2.05) is 4.90 Å². The first-order chi connectivity index (χ1) is 13.0. The Labute approximate surface area is 164 Å². The van der Waals surface area contributed by atoms with Crippen LogP contribution < -0.4 is 0 Å². The first-order valence-electron chi connectivity index (χ1n) is 11.1. The number of likely N-dealkylation sites (tertiary alicyclic amines) is 2. The number of amides is 1. The molecule has 4 rings (SSSR count). The third-order valence-corrected chi connectivity index (χ3v) is 6.79. The van der Waals surface area contributed by atoms with Crippen molar-refractivity contribution in [2.24, 2.45) is 11.8 Å². The lowest BCUT2D eigenvalue weighted by Crippen LogP contribution is -2.44. The van der Waals surface area contributed by atoms with Crippen LogP contribution in [0.25, 0.3) is 0 Å². The zero-order valence-electron chi connectivity index (χ0n) is 17.4. The molecular weight excluding hydrogens is 336 g/mol. The molecule has 0 bridgehead atoms. The Bertz CT molecular complexity index is 666. The van der Waals surface area contributed by atoms with Crippen molar-refractivity contribution < 1.29 is 4.79 Å². The van der Waals surface area contributed by atoms with Crippen molar-refractivity contribution in [3.63, 3.8) is 0 Å². The second kappa shape index (κ2) is 7.94. The minimum Gasteiger partial charge on any atom is -0.337 e. The minimum atomic E-state index is 0.180. The van der Waals surface area contributed by atoms with Crippen LogP contribution in [0.2, 0.25) is 0 Å². The standard InChI is InChI=1S/C22H36N4O/c1-16(2)15-26-20-7-6-18(24-12-8-17(3)9-13-24)14-19(20)21(23-26)22(27)25-10-4-5-11-25/h16-18H,4-15H2,1-3H3/t18-/m1/s1. The molecule has 5 heteroatoms. The first kappa shape index (κ1) is 19.0. The third-order valence-electron chi connectivity index (χ3n) is 6.79. The Morgan fingerprint density at radius 2 is 1.81 bits per heavy atom. The van der Waals surface area contributed by atoms with E-state index in [4.69, 9.17) is 5.10 Å². The molecule has 2 saturated heterocycles. The van der Waals surface area contributed by atoms with Crippen molar-refractivity contribution in [1.29, 1.82) is 0 Å². The van der Waals surface area contributed by atoms with Gasteiger partial charge < -0.3 is 9.80 Å². The highest BCUT2D eigenvalue weighted by Gasteiger charge is 2.34. The van der Waals surface area contributed by atoms with Crippen LogP contribution in [-0.2, 0) is 19.4 Å². The average molecular weight is 373 g/mol. The largest absolute Gasteiger partial charge is 0.337 e. The van der Waals surface area contributed by atoms with Gasteiger partial charge in [-0.2, -0.15) is 5.10 Å². The van der Waals surface area contributed by atoms with Crippen LogP contribution in [0, 0.1) is 11.8 Å². The lowest BCUT2D eigenvalue weighted by atomic mass is 9.88. The van der Waals surface area contributed by atoms with E-state index in [1.165, 1.54) is 43.6 Å². The van der Waals surface area contributed by atoms with Crippen LogP contribution in [0.5, 0.6) is 0 Å². The molecule has 1 aliphatic carbocycles. The predicted molar refractivity (Wildman–Crippen MR) is 108 cm³/mol. The highest BCUT2D eigenvalue weighted by Crippen LogP contribution is 2.31. The summed E-state index contributed by atoms with van der Waals surface area (Å²) >= 11 is 0. The van der Waals surface area contributed by atoms with Crippen LogP contribution in [-0.4, -0.2) is 57.7 Å². The summed E-state index contributed by atoms with van der Waals surface area (Å²) in [5, 5.41) is 4.88. The zero-order valence-corrected chi connectivity index (χ0v) is 17.4. The smallest absolute Gasteiger partial charge is 0.274 e. The predicted octanol–water partition coefficient (Wildman–Crippen LogP) is 3.36. The van der Waals surface area contributed by atoms with Gasteiger partial charge in [0.2, 0.25) is 0 Å². The third kappa shape index (κ3) is 3.94. The topological polar surface area (TPSA) is 41.4 Å². The number of hydrogen-bond donors (Lipinski definition) is 0. The normalized spacial score (nSPS) is 24.6. The fourth-order valence-electron chi connectivity index (χ4n) is 5.11. The van der Waals surface area contributed by atoms with Crippen molar-refractivity contribution in [2.45, 2.75) is 78.3 Å². The number of aromatic nitrogens is 2. The molecule has 1 amide bonds. The highest BCUT2D eigenvalue weighted by molar-refractivity contribution is 5.94. The van der Waals surface area contributed by atoms with Crippen LogP contribution in [0.1, 0.15) is 74.6 Å². The van der Waals surface area contributed by atoms with Crippen LogP contribution in [0.15, 0.2) is 0 Å². The Hall–Kier alpha value is -1.36. The Morgan fingerprint density at radius 3 is 2.48 bits per heavy atom. The molecule has 0 unspecified atom stereocenters. The van der Waals surface area contributed by atoms with E-state index in [1.54, 1.807) is 0 Å². The van der Waals surface area contributed by atoms with Gasteiger partial charge >= 0.3 is 0 Å². The number of rotatable bonds is 4. The van der Waals surface area contributed by atoms with E-state index in [2.05, 4.69) is 30.4 Å². The van der Waals surface area contributed by atoms with Gasteiger partial charge in [0.25, 0.3) is 5.91 Å². The maximum Gasteiger partial charge on any atom is 0.274 e. The quantitative estimate of drug-likeness (QED) is 0.814. The molecule has 0 saturated carbocycles.